The lowest BCUT2D eigenvalue weighted by atomic mass is 10.3. The molecule has 2 aromatic rings. The molecule has 0 aliphatic heterocycles. The highest BCUT2D eigenvalue weighted by Crippen LogP contribution is 2.29. The number of ether oxygens (including phenoxy) is 1. The maximum Gasteiger partial charge on any atom is 0.251 e. The summed E-state index contributed by atoms with van der Waals surface area (Å²) in [4.78, 5) is 30.9. The van der Waals surface area contributed by atoms with E-state index >= 15 is 0 Å². The zero-order valence-electron chi connectivity index (χ0n) is 13.6. The van der Waals surface area contributed by atoms with Crippen LogP contribution in [-0.2, 0) is 11.2 Å². The number of halogens is 1. The molecule has 0 aliphatic carbocycles. The number of benzene rings is 1. The Hall–Kier alpha value is -1.99. The molecule has 0 aliphatic rings. The first-order valence-corrected chi connectivity index (χ1v) is 8.60. The van der Waals surface area contributed by atoms with Gasteiger partial charge < -0.3 is 15.0 Å². The number of hydrogen-bond acceptors (Lipinski definition) is 5. The summed E-state index contributed by atoms with van der Waals surface area (Å²) < 4.78 is 5.21. The first-order chi connectivity index (χ1) is 11.4. The van der Waals surface area contributed by atoms with Gasteiger partial charge in [-0.2, -0.15) is 0 Å². The third-order valence-electron chi connectivity index (χ3n) is 3.21. The Kier molecular flexibility index (Phi) is 6.28. The van der Waals surface area contributed by atoms with Gasteiger partial charge in [-0.15, -0.1) is 0 Å². The van der Waals surface area contributed by atoms with Crippen molar-refractivity contribution in [3.63, 3.8) is 0 Å². The largest absolute Gasteiger partial charge is 0.495 e. The fraction of sp³-hybridized carbons (Fsp3) is 0.312. The first-order valence-electron chi connectivity index (χ1n) is 7.34. The van der Waals surface area contributed by atoms with Crippen LogP contribution in [0.3, 0.4) is 0 Å². The number of thioether (sulfide) groups is 1. The molecule has 0 bridgehead atoms. The summed E-state index contributed by atoms with van der Waals surface area (Å²) in [6.07, 6.45) is 0.651. The molecular weight excluding hydrogens is 350 g/mol. The van der Waals surface area contributed by atoms with E-state index in [1.165, 1.54) is 24.9 Å². The zero-order valence-corrected chi connectivity index (χ0v) is 15.1. The van der Waals surface area contributed by atoms with Crippen molar-refractivity contribution in [3.8, 4) is 5.75 Å². The monoisotopic (exact) mass is 367 g/mol. The summed E-state index contributed by atoms with van der Waals surface area (Å²) in [7, 11) is 1.52. The number of H-pyrrole nitrogens is 1. The van der Waals surface area contributed by atoms with E-state index < -0.39 is 5.25 Å². The van der Waals surface area contributed by atoms with Gasteiger partial charge in [0.2, 0.25) is 5.91 Å². The highest BCUT2D eigenvalue weighted by molar-refractivity contribution is 8.00. The minimum absolute atomic E-state index is 0.228. The van der Waals surface area contributed by atoms with Crippen LogP contribution in [0.2, 0.25) is 5.02 Å². The molecule has 2 rings (SSSR count). The molecule has 1 heterocycles. The summed E-state index contributed by atoms with van der Waals surface area (Å²) >= 11 is 7.14. The maximum absolute atomic E-state index is 12.4. The van der Waals surface area contributed by atoms with E-state index in [0.717, 1.165) is 0 Å². The minimum atomic E-state index is -0.469. The summed E-state index contributed by atoms with van der Waals surface area (Å²) in [6, 6.07) is 6.43. The molecule has 1 aromatic carbocycles. The number of nitrogens with zero attached hydrogens (tertiary/aromatic N) is 1. The van der Waals surface area contributed by atoms with E-state index in [0.29, 0.717) is 33.7 Å². The number of amides is 1. The fourth-order valence-electron chi connectivity index (χ4n) is 1.95. The number of aromatic nitrogens is 2. The van der Waals surface area contributed by atoms with Crippen molar-refractivity contribution in [3.05, 3.63) is 45.3 Å². The van der Waals surface area contributed by atoms with Gasteiger partial charge in [0.1, 0.15) is 5.75 Å². The highest BCUT2D eigenvalue weighted by Gasteiger charge is 2.18. The molecule has 1 unspecified atom stereocenters. The van der Waals surface area contributed by atoms with Crippen LogP contribution in [-0.4, -0.2) is 28.2 Å². The molecule has 0 radical (unpaired) electrons. The molecule has 0 saturated carbocycles. The summed E-state index contributed by atoms with van der Waals surface area (Å²) in [5.74, 6) is 0.273. The smallest absolute Gasteiger partial charge is 0.251 e. The van der Waals surface area contributed by atoms with Crippen molar-refractivity contribution in [2.45, 2.75) is 30.7 Å². The lowest BCUT2D eigenvalue weighted by molar-refractivity contribution is -0.115. The Morgan fingerprint density at radius 3 is 2.88 bits per heavy atom. The second-order valence-electron chi connectivity index (χ2n) is 4.99. The van der Waals surface area contributed by atoms with Crippen LogP contribution in [0.5, 0.6) is 5.75 Å². The second kappa shape index (κ2) is 8.21. The van der Waals surface area contributed by atoms with Gasteiger partial charge >= 0.3 is 0 Å². The molecule has 8 heteroatoms. The Morgan fingerprint density at radius 1 is 1.46 bits per heavy atom. The average Bonchev–Trinajstić information content (AvgIpc) is 2.54. The van der Waals surface area contributed by atoms with E-state index in [2.05, 4.69) is 15.3 Å². The van der Waals surface area contributed by atoms with Gasteiger partial charge in [-0.1, -0.05) is 30.3 Å². The fourth-order valence-corrected chi connectivity index (χ4v) is 2.96. The van der Waals surface area contributed by atoms with Crippen molar-refractivity contribution in [2.75, 3.05) is 12.4 Å². The molecule has 1 atom stereocenters. The minimum Gasteiger partial charge on any atom is -0.495 e. The van der Waals surface area contributed by atoms with Crippen LogP contribution >= 0.6 is 23.4 Å². The van der Waals surface area contributed by atoms with Gasteiger partial charge in [-0.25, -0.2) is 4.98 Å². The number of anilines is 1. The molecule has 6 nitrogen and oxygen atoms in total. The Bertz CT molecular complexity index is 794. The third-order valence-corrected chi connectivity index (χ3v) is 4.43. The molecule has 1 aromatic heterocycles. The molecule has 128 valence electrons. The van der Waals surface area contributed by atoms with Crippen molar-refractivity contribution < 1.29 is 9.53 Å². The average molecular weight is 368 g/mol. The van der Waals surface area contributed by atoms with E-state index in [9.17, 15) is 9.59 Å². The van der Waals surface area contributed by atoms with Gasteiger partial charge in [-0.3, -0.25) is 9.59 Å². The molecule has 0 fully saturated rings. The standard InChI is InChI=1S/C16H18ClN3O3S/c1-4-11-8-14(21)20-16(18-11)24-9(2)15(22)19-12-7-10(17)5-6-13(12)23-3/h5-9H,4H2,1-3H3,(H,19,22)(H,18,20,21). The van der Waals surface area contributed by atoms with Gasteiger partial charge in [0.15, 0.2) is 5.16 Å². The Labute approximate surface area is 149 Å². The molecule has 24 heavy (non-hydrogen) atoms. The highest BCUT2D eigenvalue weighted by atomic mass is 35.5. The zero-order chi connectivity index (χ0) is 17.7. The summed E-state index contributed by atoms with van der Waals surface area (Å²) in [5, 5.41) is 3.22. The lowest BCUT2D eigenvalue weighted by Gasteiger charge is -2.14. The number of aromatic amines is 1. The van der Waals surface area contributed by atoms with Crippen molar-refractivity contribution >= 4 is 35.0 Å². The van der Waals surface area contributed by atoms with Gasteiger partial charge in [0.05, 0.1) is 18.0 Å². The quantitative estimate of drug-likeness (QED) is 0.605. The number of nitrogens with one attached hydrogen (secondary N) is 2. The van der Waals surface area contributed by atoms with Crippen LogP contribution in [0.1, 0.15) is 19.5 Å². The number of hydrogen-bond donors (Lipinski definition) is 2. The number of aryl methyl sites for hydroxylation is 1. The lowest BCUT2D eigenvalue weighted by Crippen LogP contribution is -2.23. The van der Waals surface area contributed by atoms with Gasteiger partial charge in [0, 0.05) is 16.8 Å². The van der Waals surface area contributed by atoms with Gasteiger partial charge in [0.25, 0.3) is 5.56 Å². The topological polar surface area (TPSA) is 84.1 Å². The van der Waals surface area contributed by atoms with Gasteiger partial charge in [-0.05, 0) is 31.5 Å². The first kappa shape index (κ1) is 18.4. The predicted molar refractivity (Wildman–Crippen MR) is 96.2 cm³/mol. The van der Waals surface area contributed by atoms with Crippen molar-refractivity contribution in [2.24, 2.45) is 0 Å². The number of rotatable bonds is 6. The van der Waals surface area contributed by atoms with E-state index in [1.807, 2.05) is 6.92 Å². The molecule has 2 N–H and O–H groups in total. The Balaban J connectivity index is 2.12. The van der Waals surface area contributed by atoms with Crippen molar-refractivity contribution in [1.82, 2.24) is 9.97 Å². The maximum atomic E-state index is 12.4. The molecule has 0 saturated heterocycles. The number of methoxy groups -OCH3 is 1. The van der Waals surface area contributed by atoms with E-state index in [4.69, 9.17) is 16.3 Å². The van der Waals surface area contributed by atoms with Crippen LogP contribution in [0.25, 0.3) is 0 Å². The van der Waals surface area contributed by atoms with Crippen LogP contribution in [0.15, 0.2) is 34.2 Å². The van der Waals surface area contributed by atoms with Crippen LogP contribution in [0, 0.1) is 0 Å². The SMILES string of the molecule is CCc1cc(=O)[nH]c(SC(C)C(=O)Nc2cc(Cl)ccc2OC)n1. The second-order valence-corrected chi connectivity index (χ2v) is 6.76. The number of carbonyl (C=O) groups is 1. The number of carbonyl (C=O) groups excluding carboxylic acids is 1. The molecule has 0 spiro atoms. The summed E-state index contributed by atoms with van der Waals surface area (Å²) in [5.41, 5.74) is 0.949. The normalized spacial score (nSPS) is 11.8. The Morgan fingerprint density at radius 2 is 2.21 bits per heavy atom. The van der Waals surface area contributed by atoms with Crippen LogP contribution in [0.4, 0.5) is 5.69 Å². The molecular formula is C16H18ClN3O3S. The van der Waals surface area contributed by atoms with Crippen molar-refractivity contribution in [1.29, 1.82) is 0 Å². The molecule has 1 amide bonds. The third kappa shape index (κ3) is 4.75. The predicted octanol–water partition coefficient (Wildman–Crippen LogP) is 3.11. The van der Waals surface area contributed by atoms with E-state index in [-0.39, 0.29) is 11.5 Å². The van der Waals surface area contributed by atoms with Crippen LogP contribution < -0.4 is 15.6 Å². The van der Waals surface area contributed by atoms with E-state index in [1.54, 1.807) is 25.1 Å². The summed E-state index contributed by atoms with van der Waals surface area (Å²) in [6.45, 7) is 3.65.